The predicted octanol–water partition coefficient (Wildman–Crippen LogP) is 4.55. The molecule has 34 heavy (non-hydrogen) atoms. The Morgan fingerprint density at radius 2 is 1.79 bits per heavy atom. The summed E-state index contributed by atoms with van der Waals surface area (Å²) in [6.07, 6.45) is -0.651. The third kappa shape index (κ3) is 3.80. The van der Waals surface area contributed by atoms with Crippen molar-refractivity contribution in [3.8, 4) is 5.75 Å². The molecule has 1 saturated heterocycles. The Bertz CT molecular complexity index is 1260. The molecule has 5 rings (SSSR count). The normalized spacial score (nSPS) is 19.2. The van der Waals surface area contributed by atoms with Crippen LogP contribution in [0.2, 0.25) is 0 Å². The second-order valence-electron chi connectivity index (χ2n) is 8.00. The summed E-state index contributed by atoms with van der Waals surface area (Å²) in [4.78, 5) is 40.9. The number of rotatable bonds is 6. The van der Waals surface area contributed by atoms with E-state index < -0.39 is 22.9 Å². The molecule has 2 unspecified atom stereocenters. The lowest BCUT2D eigenvalue weighted by atomic mass is 10.1. The van der Waals surface area contributed by atoms with Crippen LogP contribution in [0.25, 0.3) is 0 Å². The Morgan fingerprint density at radius 1 is 1.03 bits per heavy atom. The Kier molecular flexibility index (Phi) is 5.75. The van der Waals surface area contributed by atoms with Crippen molar-refractivity contribution < 1.29 is 23.9 Å². The molecular weight excluding hydrogens is 452 g/mol. The van der Waals surface area contributed by atoms with Gasteiger partial charge in [-0.2, -0.15) is 0 Å². The van der Waals surface area contributed by atoms with Crippen LogP contribution < -0.4 is 15.0 Å². The first kappa shape index (κ1) is 22.0. The van der Waals surface area contributed by atoms with Crippen LogP contribution in [0.3, 0.4) is 0 Å². The van der Waals surface area contributed by atoms with Crippen molar-refractivity contribution in [1.82, 2.24) is 0 Å². The second kappa shape index (κ2) is 8.87. The van der Waals surface area contributed by atoms with Crippen LogP contribution in [0.1, 0.15) is 24.5 Å². The van der Waals surface area contributed by atoms with E-state index in [9.17, 15) is 14.4 Å². The Morgan fingerprint density at radius 3 is 2.59 bits per heavy atom. The topological polar surface area (TPSA) is 84.9 Å². The lowest BCUT2D eigenvalue weighted by molar-refractivity contribution is -0.157. The van der Waals surface area contributed by atoms with E-state index in [0.29, 0.717) is 29.1 Å². The number of thioether (sulfide) groups is 1. The van der Waals surface area contributed by atoms with Gasteiger partial charge in [0.15, 0.2) is 4.87 Å². The summed E-state index contributed by atoms with van der Waals surface area (Å²) in [5.41, 5.74) is 1.74. The maximum absolute atomic E-state index is 13.7. The number of carbonyl (C=O) groups excluding carboxylic acids is 3. The average molecular weight is 475 g/mol. The smallest absolute Gasteiger partial charge is 0.344 e. The van der Waals surface area contributed by atoms with Crippen molar-refractivity contribution in [2.45, 2.75) is 28.7 Å². The number of amides is 2. The van der Waals surface area contributed by atoms with Crippen LogP contribution in [0, 0.1) is 0 Å². The molecule has 0 spiro atoms. The fourth-order valence-corrected chi connectivity index (χ4v) is 5.68. The van der Waals surface area contributed by atoms with Crippen LogP contribution in [0.15, 0.2) is 83.8 Å². The summed E-state index contributed by atoms with van der Waals surface area (Å²) in [6, 6.07) is 23.2. The summed E-state index contributed by atoms with van der Waals surface area (Å²) in [6.45, 7) is 0. The molecule has 0 radical (unpaired) electrons. The molecule has 2 heterocycles. The first-order chi connectivity index (χ1) is 16.5. The molecule has 2 aliphatic heterocycles. The third-order valence-corrected chi connectivity index (χ3v) is 7.35. The van der Waals surface area contributed by atoms with Crippen LogP contribution in [-0.2, 0) is 19.1 Å². The molecule has 0 saturated carbocycles. The van der Waals surface area contributed by atoms with E-state index in [2.05, 4.69) is 5.32 Å². The summed E-state index contributed by atoms with van der Waals surface area (Å²) in [5.74, 6) is -0.661. The molecule has 0 aliphatic carbocycles. The lowest BCUT2D eigenvalue weighted by Crippen LogP contribution is -2.48. The van der Waals surface area contributed by atoms with Gasteiger partial charge in [0.1, 0.15) is 5.75 Å². The molecule has 0 bridgehead atoms. The highest BCUT2D eigenvalue weighted by atomic mass is 32.2. The van der Waals surface area contributed by atoms with Crippen molar-refractivity contribution in [2.24, 2.45) is 0 Å². The number of fused-ring (bicyclic) bond motifs is 3. The second-order valence-corrected chi connectivity index (χ2v) is 9.32. The van der Waals surface area contributed by atoms with E-state index in [0.717, 1.165) is 4.90 Å². The van der Waals surface area contributed by atoms with E-state index in [4.69, 9.17) is 9.47 Å². The molecule has 3 aromatic rings. The minimum Gasteiger partial charge on any atom is -0.497 e. The predicted molar refractivity (Wildman–Crippen MR) is 129 cm³/mol. The molecule has 0 aromatic heterocycles. The monoisotopic (exact) mass is 474 g/mol. The maximum Gasteiger partial charge on any atom is 0.344 e. The van der Waals surface area contributed by atoms with Gasteiger partial charge in [-0.05, 0) is 24.3 Å². The number of hydrogen-bond donors (Lipinski definition) is 1. The minimum atomic E-state index is -1.22. The SMILES string of the molecule is COc1cccc(NC(=O)C(OC(=O)C23CCC(=O)N2c2ccccc2S3)c2ccccc2)c1. The largest absolute Gasteiger partial charge is 0.497 e. The molecule has 3 aromatic carbocycles. The van der Waals surface area contributed by atoms with Crippen LogP contribution in [0.4, 0.5) is 11.4 Å². The highest BCUT2D eigenvalue weighted by molar-refractivity contribution is 8.02. The number of nitrogens with zero attached hydrogens (tertiary/aromatic N) is 1. The van der Waals surface area contributed by atoms with Gasteiger partial charge < -0.3 is 14.8 Å². The fraction of sp³-hybridized carbons (Fsp3) is 0.192. The van der Waals surface area contributed by atoms with Gasteiger partial charge in [0.2, 0.25) is 12.0 Å². The molecule has 1 N–H and O–H groups in total. The van der Waals surface area contributed by atoms with Crippen LogP contribution >= 0.6 is 11.8 Å². The molecule has 2 amide bonds. The Labute approximate surface area is 201 Å². The quantitative estimate of drug-likeness (QED) is 0.528. The lowest BCUT2D eigenvalue weighted by Gasteiger charge is -2.30. The highest BCUT2D eigenvalue weighted by Crippen LogP contribution is 2.56. The number of nitrogens with one attached hydrogen (secondary N) is 1. The number of benzene rings is 3. The molecule has 7 nitrogen and oxygen atoms in total. The summed E-state index contributed by atoms with van der Waals surface area (Å²) < 4.78 is 11.1. The Balaban J connectivity index is 1.44. The Hall–Kier alpha value is -3.78. The van der Waals surface area contributed by atoms with Gasteiger partial charge in [-0.15, -0.1) is 0 Å². The van der Waals surface area contributed by atoms with Crippen molar-refractivity contribution >= 4 is 40.9 Å². The third-order valence-electron chi connectivity index (χ3n) is 5.89. The van der Waals surface area contributed by atoms with E-state index in [1.807, 2.05) is 30.3 Å². The standard InChI is InChI=1S/C26H22N2O5S/c1-32-19-11-7-10-18(16-19)27-24(30)23(17-8-3-2-4-9-17)33-25(31)26-15-14-22(29)28(26)20-12-5-6-13-21(20)34-26/h2-13,16,23H,14-15H2,1H3,(H,27,30). The fourth-order valence-electron chi connectivity index (χ4n) is 4.28. The van der Waals surface area contributed by atoms with Gasteiger partial charge in [0.05, 0.1) is 12.8 Å². The molecule has 172 valence electrons. The first-order valence-corrected chi connectivity index (χ1v) is 11.7. The molecular formula is C26H22N2O5S. The van der Waals surface area contributed by atoms with E-state index in [1.54, 1.807) is 55.6 Å². The molecule has 1 fully saturated rings. The number of carbonyl (C=O) groups is 3. The maximum atomic E-state index is 13.7. The van der Waals surface area contributed by atoms with Gasteiger partial charge in [-0.3, -0.25) is 14.5 Å². The zero-order valence-corrected chi connectivity index (χ0v) is 19.2. The van der Waals surface area contributed by atoms with E-state index >= 15 is 0 Å². The number of esters is 1. The number of anilines is 2. The van der Waals surface area contributed by atoms with Gasteiger partial charge >= 0.3 is 5.97 Å². The number of para-hydroxylation sites is 1. The van der Waals surface area contributed by atoms with E-state index in [-0.39, 0.29) is 12.3 Å². The summed E-state index contributed by atoms with van der Waals surface area (Å²) >= 11 is 1.31. The summed E-state index contributed by atoms with van der Waals surface area (Å²) in [7, 11) is 1.54. The molecule has 8 heteroatoms. The van der Waals surface area contributed by atoms with Gasteiger partial charge in [0, 0.05) is 35.1 Å². The zero-order chi connectivity index (χ0) is 23.7. The van der Waals surface area contributed by atoms with Crippen molar-refractivity contribution in [2.75, 3.05) is 17.3 Å². The summed E-state index contributed by atoms with van der Waals surface area (Å²) in [5, 5.41) is 2.81. The first-order valence-electron chi connectivity index (χ1n) is 10.8. The number of ether oxygens (including phenoxy) is 2. The average Bonchev–Trinajstić information content (AvgIpc) is 3.38. The molecule has 2 aliphatic rings. The van der Waals surface area contributed by atoms with Crippen molar-refractivity contribution in [3.05, 3.63) is 84.4 Å². The van der Waals surface area contributed by atoms with Gasteiger partial charge in [-0.1, -0.05) is 60.3 Å². The van der Waals surface area contributed by atoms with Gasteiger partial charge in [-0.25, -0.2) is 4.79 Å². The highest BCUT2D eigenvalue weighted by Gasteiger charge is 2.59. The van der Waals surface area contributed by atoms with Crippen LogP contribution in [-0.4, -0.2) is 29.8 Å². The van der Waals surface area contributed by atoms with Crippen LogP contribution in [0.5, 0.6) is 5.75 Å². The number of methoxy groups -OCH3 is 1. The minimum absolute atomic E-state index is 0.133. The van der Waals surface area contributed by atoms with Crippen molar-refractivity contribution in [3.63, 3.8) is 0 Å². The van der Waals surface area contributed by atoms with Gasteiger partial charge in [0.25, 0.3) is 5.91 Å². The zero-order valence-electron chi connectivity index (χ0n) is 18.4. The van der Waals surface area contributed by atoms with Crippen molar-refractivity contribution in [1.29, 1.82) is 0 Å². The number of hydrogen-bond acceptors (Lipinski definition) is 6. The van der Waals surface area contributed by atoms with E-state index in [1.165, 1.54) is 16.7 Å². The molecule has 2 atom stereocenters.